The van der Waals surface area contributed by atoms with Crippen LogP contribution in [0.1, 0.15) is 245 Å². The molecule has 0 aliphatic rings. The van der Waals surface area contributed by atoms with E-state index in [1.165, 1.54) is 225 Å². The maximum absolute atomic E-state index is 6.40. The molecule has 0 N–H and O–H groups in total. The van der Waals surface area contributed by atoms with Crippen LogP contribution in [0.4, 0.5) is 0 Å². The van der Waals surface area contributed by atoms with Crippen molar-refractivity contribution in [3.63, 3.8) is 0 Å². The van der Waals surface area contributed by atoms with Crippen LogP contribution in [-0.4, -0.2) is 41.9 Å². The first-order valence-electron chi connectivity index (χ1n) is 21.6. The van der Waals surface area contributed by atoms with Crippen molar-refractivity contribution < 1.29 is 9.47 Å². The molecule has 277 valence electrons. The van der Waals surface area contributed by atoms with Gasteiger partial charge >= 0.3 is 179 Å². The van der Waals surface area contributed by atoms with Crippen molar-refractivity contribution in [3.05, 3.63) is 0 Å². The van der Waals surface area contributed by atoms with Crippen molar-refractivity contribution >= 4 is 16.0 Å². The molecule has 1 radical (unpaired) electrons. The van der Waals surface area contributed by atoms with Gasteiger partial charge < -0.3 is 0 Å². The summed E-state index contributed by atoms with van der Waals surface area (Å²) >= 11 is 3.42. The first-order valence-corrected chi connectivity index (χ1v) is 22.6. The van der Waals surface area contributed by atoms with E-state index in [9.17, 15) is 0 Å². The molecule has 0 aliphatic carbocycles. The van der Waals surface area contributed by atoms with Gasteiger partial charge in [-0.2, -0.15) is 0 Å². The molecule has 0 aromatic carbocycles. The van der Waals surface area contributed by atoms with Gasteiger partial charge in [0.2, 0.25) is 0 Å². The van der Waals surface area contributed by atoms with Gasteiger partial charge in [0.25, 0.3) is 0 Å². The number of hydrogen-bond donors (Lipinski definition) is 0. The maximum atomic E-state index is 6.40. The Morgan fingerprint density at radius 2 is 0.630 bits per heavy atom. The molecular weight excluding hydrogens is 627 g/mol. The topological polar surface area (TPSA) is 18.5 Å². The van der Waals surface area contributed by atoms with Gasteiger partial charge in [-0.3, -0.25) is 0 Å². The second-order valence-corrected chi connectivity index (χ2v) is 16.0. The molecule has 0 saturated heterocycles. The van der Waals surface area contributed by atoms with Gasteiger partial charge in [0.05, 0.1) is 0 Å². The van der Waals surface area contributed by atoms with E-state index < -0.39 is 0 Å². The van der Waals surface area contributed by atoms with Crippen molar-refractivity contribution in [2.24, 2.45) is 0 Å². The molecule has 2 nitrogen and oxygen atoms in total. The van der Waals surface area contributed by atoms with Crippen LogP contribution in [0.2, 0.25) is 4.82 Å². The molecule has 0 rings (SSSR count). The Kier molecular flexibility index (Phi) is 42.0. The van der Waals surface area contributed by atoms with Gasteiger partial charge in [0.15, 0.2) is 0 Å². The summed E-state index contributed by atoms with van der Waals surface area (Å²) in [6, 6.07) is 0. The fourth-order valence-electron chi connectivity index (χ4n) is 6.69. The average Bonchev–Trinajstić information content (AvgIpc) is 3.07. The van der Waals surface area contributed by atoms with Gasteiger partial charge in [0, 0.05) is 0 Å². The molecule has 3 heteroatoms. The second kappa shape index (κ2) is 41.6. The van der Waals surface area contributed by atoms with Gasteiger partial charge in [0.1, 0.15) is 0 Å². The molecule has 2 unspecified atom stereocenters. The van der Waals surface area contributed by atoms with Crippen LogP contribution in [-0.2, 0) is 9.47 Å². The number of rotatable bonds is 41. The van der Waals surface area contributed by atoms with Crippen LogP contribution < -0.4 is 0 Å². The van der Waals surface area contributed by atoms with Gasteiger partial charge in [-0.15, -0.1) is 0 Å². The van der Waals surface area contributed by atoms with Gasteiger partial charge in [-0.1, -0.05) is 123 Å². The Morgan fingerprint density at radius 3 is 0.957 bits per heavy atom. The summed E-state index contributed by atoms with van der Waals surface area (Å²) in [6.45, 7) is 9.45. The zero-order valence-electron chi connectivity index (χ0n) is 32.2. The van der Waals surface area contributed by atoms with Crippen LogP contribution >= 0.6 is 0 Å². The molecule has 0 bridgehead atoms. The van der Waals surface area contributed by atoms with Gasteiger partial charge in [-0.25, -0.2) is 0 Å². The van der Waals surface area contributed by atoms with E-state index in [4.69, 9.17) is 9.47 Å². The normalized spacial score (nSPS) is 13.0. The first-order chi connectivity index (χ1) is 22.8. The molecule has 0 spiro atoms. The third-order valence-electron chi connectivity index (χ3n) is 10.0. The Morgan fingerprint density at radius 1 is 0.348 bits per heavy atom. The monoisotopic (exact) mass is 716 g/mol. The first kappa shape index (κ1) is 46.4. The minimum absolute atomic E-state index is 0.226. The molecule has 0 aliphatic heterocycles. The summed E-state index contributed by atoms with van der Waals surface area (Å²) in [4.78, 5) is 0.479. The van der Waals surface area contributed by atoms with Crippen molar-refractivity contribution in [3.8, 4) is 0 Å². The fourth-order valence-corrected chi connectivity index (χ4v) is 7.37. The third kappa shape index (κ3) is 37.3. The van der Waals surface area contributed by atoms with Crippen molar-refractivity contribution in [1.29, 1.82) is 0 Å². The summed E-state index contributed by atoms with van der Waals surface area (Å²) in [5.74, 6) is 0. The molecule has 0 saturated carbocycles. The summed E-state index contributed by atoms with van der Waals surface area (Å²) in [5, 5.41) is 0. The van der Waals surface area contributed by atoms with E-state index >= 15 is 0 Å². The standard InChI is InChI=1S/C43H87O2Se/c1-4-7-10-12-14-16-18-20-22-24-26-28-30-32-34-36-39-44-41-42(43(46)38-9-6-3)45-40-37-35-33-31-29-27-25-23-21-19-17-15-13-11-8-5-2/h42-43H,4-41H2,1-3H3. The van der Waals surface area contributed by atoms with Crippen LogP contribution in [0.5, 0.6) is 0 Å². The summed E-state index contributed by atoms with van der Waals surface area (Å²) in [7, 11) is 0. The van der Waals surface area contributed by atoms with E-state index in [2.05, 4.69) is 36.8 Å². The Bertz CT molecular complexity index is 527. The summed E-state index contributed by atoms with van der Waals surface area (Å²) in [5.41, 5.74) is 0. The zero-order chi connectivity index (χ0) is 33.4. The summed E-state index contributed by atoms with van der Waals surface area (Å²) < 4.78 is 12.6. The molecule has 2 atom stereocenters. The van der Waals surface area contributed by atoms with Crippen molar-refractivity contribution in [2.75, 3.05) is 19.8 Å². The van der Waals surface area contributed by atoms with Crippen molar-refractivity contribution in [1.82, 2.24) is 0 Å². The number of ether oxygens (including phenoxy) is 2. The zero-order valence-corrected chi connectivity index (χ0v) is 34.0. The molecule has 0 amide bonds. The molecule has 0 fully saturated rings. The van der Waals surface area contributed by atoms with E-state index in [0.717, 1.165) is 19.8 Å². The van der Waals surface area contributed by atoms with E-state index in [1.807, 2.05) is 0 Å². The average molecular weight is 715 g/mol. The number of hydrogen-bond acceptors (Lipinski definition) is 2. The summed E-state index contributed by atoms with van der Waals surface area (Å²) in [6.07, 6.45) is 49.3. The fraction of sp³-hybridized carbons (Fsp3) is 1.00. The van der Waals surface area contributed by atoms with E-state index in [0.29, 0.717) is 4.82 Å². The quantitative estimate of drug-likeness (QED) is 0.0464. The molecule has 0 aromatic heterocycles. The molecular formula is C43H87O2Se. The third-order valence-corrected chi connectivity index (χ3v) is 11.1. The van der Waals surface area contributed by atoms with E-state index in [1.54, 1.807) is 0 Å². The molecule has 0 heterocycles. The predicted molar refractivity (Wildman–Crippen MR) is 209 cm³/mol. The Labute approximate surface area is 300 Å². The van der Waals surface area contributed by atoms with E-state index in [-0.39, 0.29) is 6.10 Å². The predicted octanol–water partition coefficient (Wildman–Crippen LogP) is 15.1. The molecule has 0 aromatic rings. The van der Waals surface area contributed by atoms with Crippen molar-refractivity contribution in [2.45, 2.75) is 256 Å². The van der Waals surface area contributed by atoms with Crippen LogP contribution in [0.15, 0.2) is 0 Å². The molecule has 46 heavy (non-hydrogen) atoms. The van der Waals surface area contributed by atoms with Gasteiger partial charge in [-0.05, 0) is 0 Å². The minimum atomic E-state index is 0.226. The van der Waals surface area contributed by atoms with Crippen LogP contribution in [0.3, 0.4) is 0 Å². The number of unbranched alkanes of at least 4 members (excludes halogenated alkanes) is 31. The Balaban J connectivity index is 3.62. The van der Waals surface area contributed by atoms with Crippen LogP contribution in [0, 0.1) is 0 Å². The Hall–Kier alpha value is 0.439. The SMILES string of the molecule is CCCCCCCCCCCCCCCCCCOCC(OCCCCCCCCCCCCCCCCCC)C([Se])CCCC. The second-order valence-electron chi connectivity index (χ2n) is 14.8. The van der Waals surface area contributed by atoms with Crippen LogP contribution in [0.25, 0.3) is 0 Å².